The number of carbonyl (C=O) groups is 1. The van der Waals surface area contributed by atoms with Crippen LogP contribution in [-0.4, -0.2) is 20.0 Å². The molecule has 0 saturated heterocycles. The predicted octanol–water partition coefficient (Wildman–Crippen LogP) is 4.62. The smallest absolute Gasteiger partial charge is 0.416 e. The molecule has 126 valence electrons. The molecule has 0 aliphatic heterocycles. The van der Waals surface area contributed by atoms with Crippen LogP contribution in [0, 0.1) is 0 Å². The molecule has 0 bridgehead atoms. The van der Waals surface area contributed by atoms with Gasteiger partial charge in [-0.1, -0.05) is 24.3 Å². The van der Waals surface area contributed by atoms with Crippen LogP contribution in [-0.2, 0) is 6.18 Å². The van der Waals surface area contributed by atoms with Crippen molar-refractivity contribution in [2.45, 2.75) is 6.18 Å². The molecule has 0 aliphatic rings. The molecule has 0 amide bonds. The number of rotatable bonds is 5. The fourth-order valence-corrected chi connectivity index (χ4v) is 2.07. The van der Waals surface area contributed by atoms with Gasteiger partial charge in [-0.3, -0.25) is 4.79 Å². The average Bonchev–Trinajstić information content (AvgIpc) is 2.58. The Labute approximate surface area is 137 Å². The third-order valence-electron chi connectivity index (χ3n) is 3.31. The molecule has 0 N–H and O–H groups in total. The van der Waals surface area contributed by atoms with E-state index in [0.29, 0.717) is 17.1 Å². The van der Waals surface area contributed by atoms with Crippen molar-refractivity contribution in [2.75, 3.05) is 14.2 Å². The van der Waals surface area contributed by atoms with Gasteiger partial charge in [-0.05, 0) is 35.9 Å². The second-order valence-corrected chi connectivity index (χ2v) is 4.89. The van der Waals surface area contributed by atoms with Gasteiger partial charge in [-0.15, -0.1) is 0 Å². The fraction of sp³-hybridized carbons (Fsp3) is 0.167. The van der Waals surface area contributed by atoms with Gasteiger partial charge in [0.15, 0.2) is 17.3 Å². The van der Waals surface area contributed by atoms with E-state index in [9.17, 15) is 18.0 Å². The van der Waals surface area contributed by atoms with Gasteiger partial charge in [0.25, 0.3) is 0 Å². The van der Waals surface area contributed by atoms with E-state index in [1.54, 1.807) is 18.2 Å². The molecule has 0 heterocycles. The second kappa shape index (κ2) is 7.21. The molecule has 24 heavy (non-hydrogen) atoms. The Hall–Kier alpha value is -2.76. The Kier molecular flexibility index (Phi) is 5.28. The van der Waals surface area contributed by atoms with Crippen LogP contribution in [0.2, 0.25) is 0 Å². The highest BCUT2D eigenvalue weighted by Crippen LogP contribution is 2.30. The molecule has 0 aliphatic carbocycles. The minimum Gasteiger partial charge on any atom is -0.493 e. The van der Waals surface area contributed by atoms with Gasteiger partial charge in [-0.2, -0.15) is 13.2 Å². The molecule has 6 heteroatoms. The lowest BCUT2D eigenvalue weighted by atomic mass is 10.1. The van der Waals surface area contributed by atoms with Gasteiger partial charge < -0.3 is 9.47 Å². The minimum absolute atomic E-state index is 0.0263. The summed E-state index contributed by atoms with van der Waals surface area (Å²) < 4.78 is 48.3. The molecule has 0 radical (unpaired) electrons. The van der Waals surface area contributed by atoms with Crippen molar-refractivity contribution < 1.29 is 27.4 Å². The number of benzene rings is 2. The minimum atomic E-state index is -4.48. The number of carbonyl (C=O) groups excluding carboxylic acids is 1. The fourth-order valence-electron chi connectivity index (χ4n) is 2.07. The third kappa shape index (κ3) is 4.16. The number of hydrogen-bond acceptors (Lipinski definition) is 3. The summed E-state index contributed by atoms with van der Waals surface area (Å²) in [5.41, 5.74) is -0.220. The van der Waals surface area contributed by atoms with E-state index in [2.05, 4.69) is 0 Å². The maximum absolute atomic E-state index is 12.7. The normalized spacial score (nSPS) is 11.5. The van der Waals surface area contributed by atoms with Crippen LogP contribution < -0.4 is 9.47 Å². The van der Waals surface area contributed by atoms with Crippen LogP contribution in [0.5, 0.6) is 11.5 Å². The van der Waals surface area contributed by atoms with Crippen molar-refractivity contribution in [1.82, 2.24) is 0 Å². The summed E-state index contributed by atoms with van der Waals surface area (Å²) in [6.45, 7) is 0. The van der Waals surface area contributed by atoms with Crippen molar-refractivity contribution in [2.24, 2.45) is 0 Å². The van der Waals surface area contributed by atoms with Crippen LogP contribution in [0.1, 0.15) is 21.5 Å². The SMILES string of the molecule is COc1ccc(C=CC(=O)c2cccc(C(F)(F)F)c2)cc1OC. The molecule has 2 aromatic carbocycles. The Morgan fingerprint density at radius 1 is 1.00 bits per heavy atom. The number of ether oxygens (including phenoxy) is 2. The van der Waals surface area contributed by atoms with E-state index < -0.39 is 17.5 Å². The van der Waals surface area contributed by atoms with E-state index in [1.165, 1.54) is 38.5 Å². The zero-order chi connectivity index (χ0) is 17.7. The summed E-state index contributed by atoms with van der Waals surface area (Å²) in [7, 11) is 2.99. The van der Waals surface area contributed by atoms with Gasteiger partial charge in [-0.25, -0.2) is 0 Å². The lowest BCUT2D eigenvalue weighted by molar-refractivity contribution is -0.137. The third-order valence-corrected chi connectivity index (χ3v) is 3.31. The van der Waals surface area contributed by atoms with Gasteiger partial charge in [0.2, 0.25) is 0 Å². The first-order valence-corrected chi connectivity index (χ1v) is 6.97. The molecule has 0 aromatic heterocycles. The Bertz CT molecular complexity index is 764. The van der Waals surface area contributed by atoms with Crippen LogP contribution in [0.4, 0.5) is 13.2 Å². The molecule has 3 nitrogen and oxygen atoms in total. The van der Waals surface area contributed by atoms with Crippen LogP contribution in [0.15, 0.2) is 48.5 Å². The van der Waals surface area contributed by atoms with Gasteiger partial charge >= 0.3 is 6.18 Å². The lowest BCUT2D eigenvalue weighted by Gasteiger charge is -2.08. The van der Waals surface area contributed by atoms with Crippen molar-refractivity contribution in [1.29, 1.82) is 0 Å². The number of methoxy groups -OCH3 is 2. The molecule has 2 aromatic rings. The highest BCUT2D eigenvalue weighted by molar-refractivity contribution is 6.06. The van der Waals surface area contributed by atoms with Crippen molar-refractivity contribution in [3.8, 4) is 11.5 Å². The number of hydrogen-bond donors (Lipinski definition) is 0. The van der Waals surface area contributed by atoms with Gasteiger partial charge in [0.1, 0.15) is 0 Å². The van der Waals surface area contributed by atoms with E-state index >= 15 is 0 Å². The first-order chi connectivity index (χ1) is 11.3. The molecule has 0 saturated carbocycles. The Balaban J connectivity index is 2.22. The lowest BCUT2D eigenvalue weighted by Crippen LogP contribution is -2.06. The zero-order valence-corrected chi connectivity index (χ0v) is 13.1. The molecule has 0 spiro atoms. The summed E-state index contributed by atoms with van der Waals surface area (Å²) in [4.78, 5) is 12.1. The topological polar surface area (TPSA) is 35.5 Å². The van der Waals surface area contributed by atoms with Gasteiger partial charge in [0, 0.05) is 5.56 Å². The molecule has 0 unspecified atom stereocenters. The molecule has 0 atom stereocenters. The van der Waals surface area contributed by atoms with Crippen molar-refractivity contribution in [3.63, 3.8) is 0 Å². The summed E-state index contributed by atoms with van der Waals surface area (Å²) in [5.74, 6) is 0.515. The maximum atomic E-state index is 12.7. The number of allylic oxidation sites excluding steroid dienone is 1. The summed E-state index contributed by atoms with van der Waals surface area (Å²) in [6, 6.07) is 9.35. The number of alkyl halides is 3. The highest BCUT2D eigenvalue weighted by atomic mass is 19.4. The standard InChI is InChI=1S/C18H15F3O3/c1-23-16-9-7-12(10-17(16)24-2)6-8-15(22)13-4-3-5-14(11-13)18(19,20)21/h3-11H,1-2H3. The Morgan fingerprint density at radius 2 is 1.71 bits per heavy atom. The van der Waals surface area contributed by atoms with Crippen molar-refractivity contribution >= 4 is 11.9 Å². The van der Waals surface area contributed by atoms with E-state index in [0.717, 1.165) is 12.1 Å². The monoisotopic (exact) mass is 336 g/mol. The quantitative estimate of drug-likeness (QED) is 0.590. The first kappa shape index (κ1) is 17.6. The van der Waals surface area contributed by atoms with E-state index in [4.69, 9.17) is 9.47 Å². The van der Waals surface area contributed by atoms with Crippen LogP contribution in [0.25, 0.3) is 6.08 Å². The molecule has 0 fully saturated rings. The van der Waals surface area contributed by atoms with Crippen LogP contribution >= 0.6 is 0 Å². The largest absolute Gasteiger partial charge is 0.493 e. The maximum Gasteiger partial charge on any atom is 0.416 e. The molecule has 2 rings (SSSR count). The van der Waals surface area contributed by atoms with Crippen LogP contribution in [0.3, 0.4) is 0 Å². The predicted molar refractivity (Wildman–Crippen MR) is 84.4 cm³/mol. The Morgan fingerprint density at radius 3 is 2.33 bits per heavy atom. The van der Waals surface area contributed by atoms with E-state index in [1.807, 2.05) is 0 Å². The van der Waals surface area contributed by atoms with Gasteiger partial charge in [0.05, 0.1) is 19.8 Å². The summed E-state index contributed by atoms with van der Waals surface area (Å²) in [6.07, 6.45) is -1.76. The zero-order valence-electron chi connectivity index (χ0n) is 13.1. The summed E-state index contributed by atoms with van der Waals surface area (Å²) in [5, 5.41) is 0. The first-order valence-electron chi connectivity index (χ1n) is 6.97. The van der Waals surface area contributed by atoms with Crippen molar-refractivity contribution in [3.05, 3.63) is 65.2 Å². The summed E-state index contributed by atoms with van der Waals surface area (Å²) >= 11 is 0. The second-order valence-electron chi connectivity index (χ2n) is 4.89. The number of ketones is 1. The number of halogens is 3. The van der Waals surface area contributed by atoms with E-state index in [-0.39, 0.29) is 5.56 Å². The molecular weight excluding hydrogens is 321 g/mol. The highest BCUT2D eigenvalue weighted by Gasteiger charge is 2.30. The average molecular weight is 336 g/mol. The molecular formula is C18H15F3O3.